The summed E-state index contributed by atoms with van der Waals surface area (Å²) in [4.78, 5) is 15.1. The molecular formula is C27H31N3O5S2. The van der Waals surface area contributed by atoms with Crippen LogP contribution in [0.25, 0.3) is 0 Å². The Labute approximate surface area is 219 Å². The molecule has 0 unspecified atom stereocenters. The minimum Gasteiger partial charge on any atom is -0.336 e. The Morgan fingerprint density at radius 3 is 1.35 bits per heavy atom. The van der Waals surface area contributed by atoms with Gasteiger partial charge in [-0.15, -0.1) is 0 Å². The first-order chi connectivity index (χ1) is 17.6. The molecule has 0 N–H and O–H groups in total. The van der Waals surface area contributed by atoms with E-state index in [1.165, 1.54) is 13.5 Å². The smallest absolute Gasteiger partial charge is 0.253 e. The van der Waals surface area contributed by atoms with Gasteiger partial charge in [0, 0.05) is 44.8 Å². The summed E-state index contributed by atoms with van der Waals surface area (Å²) in [5.74, 6) is -0.275. The van der Waals surface area contributed by atoms with Gasteiger partial charge < -0.3 is 4.90 Å². The molecule has 37 heavy (non-hydrogen) atoms. The Hall–Kier alpha value is -3.05. The van der Waals surface area contributed by atoms with Gasteiger partial charge in [-0.05, 0) is 50.2 Å². The number of aryl methyl sites for hydroxylation is 2. The summed E-state index contributed by atoms with van der Waals surface area (Å²) in [6.07, 6.45) is 0. The normalized spacial score (nSPS) is 16.5. The highest BCUT2D eigenvalue weighted by molar-refractivity contribution is 7.89. The van der Waals surface area contributed by atoms with Crippen LogP contribution in [0.1, 0.15) is 21.5 Å². The second-order valence-electron chi connectivity index (χ2n) is 9.09. The molecule has 1 aliphatic rings. The fourth-order valence-corrected chi connectivity index (χ4v) is 7.03. The second kappa shape index (κ2) is 11.1. The standard InChI is InChI=1S/C27H31N3O5S2/c1-22-8-12-25(13-9-22)36(32,33)29-18-16-28(27(31)24-6-4-3-5-7-24)17-19-30(21-20-29)37(34,35)26-14-10-23(2)11-15-26/h3-15H,16-21H2,1-2H3. The first-order valence-electron chi connectivity index (χ1n) is 12.1. The molecule has 4 rings (SSSR count). The van der Waals surface area contributed by atoms with Gasteiger partial charge in [0.25, 0.3) is 5.91 Å². The number of carbonyl (C=O) groups excluding carboxylic acids is 1. The molecule has 1 amide bonds. The third kappa shape index (κ3) is 6.10. The van der Waals surface area contributed by atoms with E-state index in [9.17, 15) is 21.6 Å². The Morgan fingerprint density at radius 1 is 0.568 bits per heavy atom. The lowest BCUT2D eigenvalue weighted by atomic mass is 10.2. The van der Waals surface area contributed by atoms with Gasteiger partial charge in [0.05, 0.1) is 9.79 Å². The molecule has 0 atom stereocenters. The lowest BCUT2D eigenvalue weighted by Crippen LogP contribution is -2.41. The monoisotopic (exact) mass is 541 g/mol. The van der Waals surface area contributed by atoms with Crippen molar-refractivity contribution in [3.05, 3.63) is 95.6 Å². The number of nitrogens with zero attached hydrogens (tertiary/aromatic N) is 3. The summed E-state index contributed by atoms with van der Waals surface area (Å²) in [6.45, 7) is 4.05. The summed E-state index contributed by atoms with van der Waals surface area (Å²) in [7, 11) is -7.83. The number of hydrogen-bond acceptors (Lipinski definition) is 5. The number of benzene rings is 3. The lowest BCUT2D eigenvalue weighted by molar-refractivity contribution is 0.0749. The number of sulfonamides is 2. The number of carbonyl (C=O) groups is 1. The largest absolute Gasteiger partial charge is 0.336 e. The van der Waals surface area contributed by atoms with E-state index in [0.29, 0.717) is 5.56 Å². The first-order valence-corrected chi connectivity index (χ1v) is 14.9. The topological polar surface area (TPSA) is 95.1 Å². The zero-order chi connectivity index (χ0) is 26.6. The average Bonchev–Trinajstić information content (AvgIpc) is 3.00. The highest BCUT2D eigenvalue weighted by atomic mass is 32.2. The molecule has 3 aromatic carbocycles. The van der Waals surface area contributed by atoms with E-state index in [0.717, 1.165) is 11.1 Å². The summed E-state index contributed by atoms with van der Waals surface area (Å²) in [5.41, 5.74) is 2.32. The third-order valence-electron chi connectivity index (χ3n) is 6.46. The maximum atomic E-state index is 13.5. The highest BCUT2D eigenvalue weighted by Crippen LogP contribution is 2.21. The predicted molar refractivity (Wildman–Crippen MR) is 142 cm³/mol. The van der Waals surface area contributed by atoms with E-state index in [-0.39, 0.29) is 55.0 Å². The van der Waals surface area contributed by atoms with Gasteiger partial charge in [0.1, 0.15) is 0 Å². The van der Waals surface area contributed by atoms with Crippen LogP contribution >= 0.6 is 0 Å². The fourth-order valence-electron chi connectivity index (χ4n) is 4.19. The summed E-state index contributed by atoms with van der Waals surface area (Å²) in [5, 5.41) is 0. The van der Waals surface area contributed by atoms with Crippen LogP contribution in [0, 0.1) is 13.8 Å². The number of rotatable bonds is 5. The van der Waals surface area contributed by atoms with Crippen LogP contribution in [0.3, 0.4) is 0 Å². The summed E-state index contributed by atoms with van der Waals surface area (Å²) in [6, 6.07) is 21.8. The lowest BCUT2D eigenvalue weighted by Gasteiger charge is -2.26. The maximum Gasteiger partial charge on any atom is 0.253 e. The van der Waals surface area contributed by atoms with Crippen LogP contribution < -0.4 is 0 Å². The van der Waals surface area contributed by atoms with Crippen molar-refractivity contribution in [2.45, 2.75) is 23.6 Å². The Bertz CT molecular complexity index is 1350. The van der Waals surface area contributed by atoms with Crippen molar-refractivity contribution in [3.63, 3.8) is 0 Å². The SMILES string of the molecule is Cc1ccc(S(=O)(=O)N2CCN(C(=O)c3ccccc3)CCN(S(=O)(=O)c3ccc(C)cc3)CC2)cc1. The van der Waals surface area contributed by atoms with Gasteiger partial charge in [-0.1, -0.05) is 53.6 Å². The zero-order valence-corrected chi connectivity index (χ0v) is 22.6. The van der Waals surface area contributed by atoms with E-state index in [1.54, 1.807) is 78.9 Å². The van der Waals surface area contributed by atoms with E-state index >= 15 is 0 Å². The van der Waals surface area contributed by atoms with Gasteiger partial charge in [0.15, 0.2) is 0 Å². The molecule has 0 aliphatic carbocycles. The Balaban J connectivity index is 1.68. The van der Waals surface area contributed by atoms with Crippen molar-refractivity contribution in [1.29, 1.82) is 0 Å². The summed E-state index contributed by atoms with van der Waals surface area (Å²) >= 11 is 0. The van der Waals surface area contributed by atoms with Crippen molar-refractivity contribution in [2.75, 3.05) is 39.3 Å². The van der Waals surface area contributed by atoms with Crippen LogP contribution in [0.15, 0.2) is 88.7 Å². The van der Waals surface area contributed by atoms with Crippen molar-refractivity contribution in [3.8, 4) is 0 Å². The molecule has 0 saturated carbocycles. The molecule has 0 radical (unpaired) electrons. The van der Waals surface area contributed by atoms with Gasteiger partial charge in [-0.3, -0.25) is 4.79 Å². The van der Waals surface area contributed by atoms with Gasteiger partial charge >= 0.3 is 0 Å². The molecule has 8 nitrogen and oxygen atoms in total. The second-order valence-corrected chi connectivity index (χ2v) is 13.0. The van der Waals surface area contributed by atoms with Crippen LogP contribution in [0.2, 0.25) is 0 Å². The number of amides is 1. The fraction of sp³-hybridized carbons (Fsp3) is 0.296. The average molecular weight is 542 g/mol. The highest BCUT2D eigenvalue weighted by Gasteiger charge is 2.32. The summed E-state index contributed by atoms with van der Waals surface area (Å²) < 4.78 is 56.7. The molecule has 196 valence electrons. The molecule has 0 spiro atoms. The Morgan fingerprint density at radius 2 is 0.946 bits per heavy atom. The van der Waals surface area contributed by atoms with Crippen LogP contribution in [-0.2, 0) is 20.0 Å². The van der Waals surface area contributed by atoms with E-state index in [4.69, 9.17) is 0 Å². The molecule has 3 aromatic rings. The van der Waals surface area contributed by atoms with Crippen LogP contribution in [0.5, 0.6) is 0 Å². The van der Waals surface area contributed by atoms with Crippen molar-refractivity contribution in [1.82, 2.24) is 13.5 Å². The van der Waals surface area contributed by atoms with E-state index in [2.05, 4.69) is 0 Å². The number of hydrogen-bond donors (Lipinski definition) is 0. The molecular weight excluding hydrogens is 510 g/mol. The van der Waals surface area contributed by atoms with E-state index < -0.39 is 20.0 Å². The minimum atomic E-state index is -3.91. The molecule has 1 aliphatic heterocycles. The van der Waals surface area contributed by atoms with Crippen molar-refractivity contribution < 1.29 is 21.6 Å². The van der Waals surface area contributed by atoms with Crippen molar-refractivity contribution in [2.24, 2.45) is 0 Å². The van der Waals surface area contributed by atoms with Crippen molar-refractivity contribution >= 4 is 26.0 Å². The van der Waals surface area contributed by atoms with E-state index in [1.807, 2.05) is 13.8 Å². The molecule has 1 heterocycles. The maximum absolute atomic E-state index is 13.5. The van der Waals surface area contributed by atoms with Gasteiger partial charge in [-0.2, -0.15) is 8.61 Å². The molecule has 10 heteroatoms. The minimum absolute atomic E-state index is 0.0331. The molecule has 0 aromatic heterocycles. The zero-order valence-electron chi connectivity index (χ0n) is 20.9. The first kappa shape index (κ1) is 27.0. The molecule has 0 bridgehead atoms. The van der Waals surface area contributed by atoms with Gasteiger partial charge in [0.2, 0.25) is 20.0 Å². The van der Waals surface area contributed by atoms with Crippen LogP contribution in [0.4, 0.5) is 0 Å². The predicted octanol–water partition coefficient (Wildman–Crippen LogP) is 3.14. The molecule has 1 fully saturated rings. The molecule has 1 saturated heterocycles. The quantitative estimate of drug-likeness (QED) is 0.495. The van der Waals surface area contributed by atoms with Gasteiger partial charge in [-0.25, -0.2) is 16.8 Å². The Kier molecular flexibility index (Phi) is 8.13. The third-order valence-corrected chi connectivity index (χ3v) is 10.3. The van der Waals surface area contributed by atoms with Crippen LogP contribution in [-0.4, -0.2) is 75.5 Å².